The highest BCUT2D eigenvalue weighted by Gasteiger charge is 2.24. The van der Waals surface area contributed by atoms with Crippen LogP contribution in [0.1, 0.15) is 30.5 Å². The molecule has 0 unspecified atom stereocenters. The Hall–Kier alpha value is -2.78. The molecule has 5 rings (SSSR count). The molecule has 2 saturated heterocycles. The smallest absolute Gasteiger partial charge is 0.230 e. The lowest BCUT2D eigenvalue weighted by Gasteiger charge is -2.35. The van der Waals surface area contributed by atoms with Gasteiger partial charge in [-0.1, -0.05) is 0 Å². The van der Waals surface area contributed by atoms with E-state index in [1.54, 1.807) is 6.33 Å². The summed E-state index contributed by atoms with van der Waals surface area (Å²) < 4.78 is 11.4. The van der Waals surface area contributed by atoms with E-state index in [0.29, 0.717) is 18.4 Å². The van der Waals surface area contributed by atoms with Gasteiger partial charge in [0.15, 0.2) is 0 Å². The quantitative estimate of drug-likeness (QED) is 0.614. The van der Waals surface area contributed by atoms with Gasteiger partial charge in [-0.2, -0.15) is 0 Å². The average molecular weight is 424 g/mol. The van der Waals surface area contributed by atoms with Crippen molar-refractivity contribution in [1.82, 2.24) is 25.1 Å². The summed E-state index contributed by atoms with van der Waals surface area (Å²) in [6, 6.07) is 6.45. The molecule has 3 aromatic rings. The number of nitrogens with zero attached hydrogens (tertiary/aromatic N) is 7. The van der Waals surface area contributed by atoms with Gasteiger partial charge >= 0.3 is 0 Å². The van der Waals surface area contributed by atoms with Crippen molar-refractivity contribution in [3.63, 3.8) is 0 Å². The summed E-state index contributed by atoms with van der Waals surface area (Å²) in [5, 5.41) is 9.67. The first-order chi connectivity index (χ1) is 15.2. The first-order valence-corrected chi connectivity index (χ1v) is 11.0. The Kier molecular flexibility index (Phi) is 5.69. The normalized spacial score (nSPS) is 18.6. The fourth-order valence-corrected chi connectivity index (χ4v) is 4.38. The second-order valence-electron chi connectivity index (χ2n) is 8.48. The van der Waals surface area contributed by atoms with Crippen molar-refractivity contribution in [2.24, 2.45) is 0 Å². The largest absolute Gasteiger partial charge is 0.424 e. The second-order valence-corrected chi connectivity index (χ2v) is 8.48. The highest BCUT2D eigenvalue weighted by atomic mass is 16.5. The molecule has 9 nitrogen and oxygen atoms in total. The monoisotopic (exact) mass is 423 g/mol. The van der Waals surface area contributed by atoms with Gasteiger partial charge in [-0.25, -0.2) is 9.97 Å². The van der Waals surface area contributed by atoms with Gasteiger partial charge in [0.25, 0.3) is 0 Å². The Balaban J connectivity index is 1.22. The van der Waals surface area contributed by atoms with Crippen LogP contribution in [0.3, 0.4) is 0 Å². The molecular formula is C22H29N7O2. The van der Waals surface area contributed by atoms with Crippen LogP contribution < -0.4 is 9.80 Å². The number of hydrogen-bond acceptors (Lipinski definition) is 9. The molecule has 2 aliphatic rings. The van der Waals surface area contributed by atoms with E-state index in [1.807, 2.05) is 19.0 Å². The molecule has 0 atom stereocenters. The van der Waals surface area contributed by atoms with Gasteiger partial charge in [-0.05, 0) is 31.0 Å². The minimum absolute atomic E-state index is 0.343. The molecule has 2 aliphatic heterocycles. The minimum Gasteiger partial charge on any atom is -0.424 e. The van der Waals surface area contributed by atoms with E-state index in [9.17, 15) is 0 Å². The fraction of sp³-hybridized carbons (Fsp3) is 0.545. The molecular weight excluding hydrogens is 394 g/mol. The first-order valence-electron chi connectivity index (χ1n) is 11.0. The number of anilines is 2. The van der Waals surface area contributed by atoms with Gasteiger partial charge in [0.2, 0.25) is 11.8 Å². The molecule has 0 amide bonds. The van der Waals surface area contributed by atoms with Crippen molar-refractivity contribution < 1.29 is 9.15 Å². The van der Waals surface area contributed by atoms with Crippen LogP contribution in [0.25, 0.3) is 10.9 Å². The van der Waals surface area contributed by atoms with Gasteiger partial charge in [-0.3, -0.25) is 4.90 Å². The summed E-state index contributed by atoms with van der Waals surface area (Å²) in [7, 11) is 4.02. The van der Waals surface area contributed by atoms with E-state index in [1.165, 1.54) is 5.69 Å². The van der Waals surface area contributed by atoms with Crippen LogP contribution in [0.2, 0.25) is 0 Å². The maximum absolute atomic E-state index is 5.97. The van der Waals surface area contributed by atoms with Gasteiger partial charge in [0, 0.05) is 70.5 Å². The first kappa shape index (κ1) is 20.1. The van der Waals surface area contributed by atoms with Crippen LogP contribution in [0, 0.1) is 0 Å². The molecule has 0 bridgehead atoms. The fourth-order valence-electron chi connectivity index (χ4n) is 4.38. The molecule has 2 aromatic heterocycles. The van der Waals surface area contributed by atoms with E-state index in [0.717, 1.165) is 74.8 Å². The van der Waals surface area contributed by atoms with Crippen molar-refractivity contribution in [2.75, 3.05) is 63.3 Å². The summed E-state index contributed by atoms with van der Waals surface area (Å²) in [5.41, 5.74) is 2.18. The highest BCUT2D eigenvalue weighted by molar-refractivity contribution is 5.91. The molecule has 1 aromatic carbocycles. The van der Waals surface area contributed by atoms with Crippen molar-refractivity contribution in [1.29, 1.82) is 0 Å². The Morgan fingerprint density at radius 2 is 1.84 bits per heavy atom. The molecule has 164 valence electrons. The minimum atomic E-state index is 0.343. The molecule has 0 aliphatic carbocycles. The third-order valence-electron chi connectivity index (χ3n) is 6.17. The molecule has 0 spiro atoms. The molecule has 4 heterocycles. The maximum Gasteiger partial charge on any atom is 0.230 e. The standard InChI is InChI=1S/C22H29N7O2/c1-27(2)21-18-13-17(3-4-19(18)23-15-24-21)29-9-7-28(8-10-29)14-20-25-26-22(31-20)16-5-11-30-12-6-16/h3-4,13,15-16H,5-12,14H2,1-2H3. The number of aromatic nitrogens is 4. The van der Waals surface area contributed by atoms with E-state index in [2.05, 4.69) is 48.2 Å². The Labute approximate surface area is 182 Å². The zero-order valence-electron chi connectivity index (χ0n) is 18.2. The number of piperazine rings is 1. The third kappa shape index (κ3) is 4.33. The van der Waals surface area contributed by atoms with Gasteiger partial charge < -0.3 is 19.0 Å². The predicted molar refractivity (Wildman–Crippen MR) is 118 cm³/mol. The van der Waals surface area contributed by atoms with Crippen LogP contribution in [0.5, 0.6) is 0 Å². The van der Waals surface area contributed by atoms with Crippen LogP contribution >= 0.6 is 0 Å². The van der Waals surface area contributed by atoms with Crippen molar-refractivity contribution in [3.8, 4) is 0 Å². The topological polar surface area (TPSA) is 83.7 Å². The van der Waals surface area contributed by atoms with Crippen LogP contribution in [-0.2, 0) is 11.3 Å². The van der Waals surface area contributed by atoms with Crippen LogP contribution in [0.15, 0.2) is 28.9 Å². The Bertz CT molecular complexity index is 1020. The molecule has 2 fully saturated rings. The number of hydrogen-bond donors (Lipinski definition) is 0. The lowest BCUT2D eigenvalue weighted by atomic mass is 10.0. The molecule has 9 heteroatoms. The van der Waals surface area contributed by atoms with Crippen molar-refractivity contribution in [3.05, 3.63) is 36.3 Å². The highest BCUT2D eigenvalue weighted by Crippen LogP contribution is 2.28. The van der Waals surface area contributed by atoms with Gasteiger partial charge in [0.1, 0.15) is 12.1 Å². The number of rotatable bonds is 5. The van der Waals surface area contributed by atoms with Gasteiger partial charge in [0.05, 0.1) is 12.1 Å². The number of fused-ring (bicyclic) bond motifs is 1. The zero-order chi connectivity index (χ0) is 21.2. The van der Waals surface area contributed by atoms with Crippen LogP contribution in [-0.4, -0.2) is 78.6 Å². The molecule has 31 heavy (non-hydrogen) atoms. The molecule has 0 saturated carbocycles. The van der Waals surface area contributed by atoms with E-state index >= 15 is 0 Å². The van der Waals surface area contributed by atoms with Crippen LogP contribution in [0.4, 0.5) is 11.5 Å². The lowest BCUT2D eigenvalue weighted by Crippen LogP contribution is -2.46. The SMILES string of the molecule is CN(C)c1ncnc2ccc(N3CCN(Cc4nnc(C5CCOCC5)o4)CC3)cc12. The third-order valence-corrected chi connectivity index (χ3v) is 6.17. The van der Waals surface area contributed by atoms with Crippen molar-refractivity contribution in [2.45, 2.75) is 25.3 Å². The van der Waals surface area contributed by atoms with Gasteiger partial charge in [-0.15, -0.1) is 10.2 Å². The summed E-state index contributed by atoms with van der Waals surface area (Å²) in [6.07, 6.45) is 3.56. The summed E-state index contributed by atoms with van der Waals surface area (Å²) in [4.78, 5) is 15.7. The van der Waals surface area contributed by atoms with E-state index in [-0.39, 0.29) is 0 Å². The van der Waals surface area contributed by atoms with E-state index < -0.39 is 0 Å². The predicted octanol–water partition coefficient (Wildman–Crippen LogP) is 2.29. The Morgan fingerprint density at radius 1 is 1.03 bits per heavy atom. The average Bonchev–Trinajstić information content (AvgIpc) is 3.28. The number of benzene rings is 1. The Morgan fingerprint density at radius 3 is 2.61 bits per heavy atom. The van der Waals surface area contributed by atoms with E-state index in [4.69, 9.17) is 9.15 Å². The lowest BCUT2D eigenvalue weighted by molar-refractivity contribution is 0.0788. The zero-order valence-corrected chi connectivity index (χ0v) is 18.2. The summed E-state index contributed by atoms with van der Waals surface area (Å²) in [6.45, 7) is 6.09. The number of ether oxygens (including phenoxy) is 1. The maximum atomic E-state index is 5.97. The molecule has 0 N–H and O–H groups in total. The second kappa shape index (κ2) is 8.76. The summed E-state index contributed by atoms with van der Waals surface area (Å²) >= 11 is 0. The summed E-state index contributed by atoms with van der Waals surface area (Å²) in [5.74, 6) is 2.78. The molecule has 0 radical (unpaired) electrons. The van der Waals surface area contributed by atoms with Crippen molar-refractivity contribution >= 4 is 22.4 Å².